The van der Waals surface area contributed by atoms with Crippen LogP contribution in [0, 0.1) is 17.5 Å². The van der Waals surface area contributed by atoms with Crippen molar-refractivity contribution >= 4 is 11.7 Å². The fourth-order valence-corrected chi connectivity index (χ4v) is 3.45. The van der Waals surface area contributed by atoms with Crippen LogP contribution in [-0.4, -0.2) is 29.2 Å². The Kier molecular flexibility index (Phi) is 5.11. The molecule has 0 radical (unpaired) electrons. The number of rotatable bonds is 3. The lowest BCUT2D eigenvalue weighted by Crippen LogP contribution is -2.44. The molecule has 2 amide bonds. The van der Waals surface area contributed by atoms with E-state index in [0.29, 0.717) is 17.9 Å². The van der Waals surface area contributed by atoms with E-state index in [1.165, 1.54) is 4.90 Å². The summed E-state index contributed by atoms with van der Waals surface area (Å²) in [6.07, 6.45) is 0.453. The van der Waals surface area contributed by atoms with Gasteiger partial charge in [0.25, 0.3) is 0 Å². The van der Waals surface area contributed by atoms with Crippen LogP contribution in [0.1, 0.15) is 18.2 Å². The Balaban J connectivity index is 1.58. The van der Waals surface area contributed by atoms with Gasteiger partial charge in [-0.15, -0.1) is 0 Å². The fourth-order valence-electron chi connectivity index (χ4n) is 3.45. The zero-order valence-corrected chi connectivity index (χ0v) is 16.2. The van der Waals surface area contributed by atoms with Crippen LogP contribution in [0.3, 0.4) is 0 Å². The number of ether oxygens (including phenoxy) is 1. The first-order chi connectivity index (χ1) is 14.4. The van der Waals surface area contributed by atoms with Gasteiger partial charge in [-0.2, -0.15) is 0 Å². The number of anilines is 1. The Morgan fingerprint density at radius 3 is 2.50 bits per heavy atom. The largest absolute Gasteiger partial charge is 0.497 e. The normalized spacial score (nSPS) is 15.6. The Bertz CT molecular complexity index is 1080. The SMILES string of the molecule is COc1ccc(-c2onc3c2CN(C(=O)Nc2cc(F)c(F)c(F)c2)C(C)C3)cc1. The molecule has 6 nitrogen and oxygen atoms in total. The molecule has 1 N–H and O–H groups in total. The van der Waals surface area contributed by atoms with Crippen molar-refractivity contribution in [2.75, 3.05) is 12.4 Å². The van der Waals surface area contributed by atoms with E-state index in [4.69, 9.17) is 9.26 Å². The minimum Gasteiger partial charge on any atom is -0.497 e. The lowest BCUT2D eigenvalue weighted by atomic mass is 9.97. The molecule has 1 aliphatic heterocycles. The fraction of sp³-hybridized carbons (Fsp3) is 0.238. The maximum atomic E-state index is 13.5. The van der Waals surface area contributed by atoms with Gasteiger partial charge in [0.05, 0.1) is 19.3 Å². The first-order valence-electron chi connectivity index (χ1n) is 9.21. The number of aromatic nitrogens is 1. The zero-order valence-electron chi connectivity index (χ0n) is 16.2. The lowest BCUT2D eigenvalue weighted by Gasteiger charge is -2.32. The Hall–Kier alpha value is -3.49. The smallest absolute Gasteiger partial charge is 0.322 e. The number of amides is 2. The molecule has 0 bridgehead atoms. The summed E-state index contributed by atoms with van der Waals surface area (Å²) in [5.41, 5.74) is 2.11. The third-order valence-electron chi connectivity index (χ3n) is 5.07. The number of methoxy groups -OCH3 is 1. The quantitative estimate of drug-likeness (QED) is 0.625. The van der Waals surface area contributed by atoms with Crippen LogP contribution in [0.4, 0.5) is 23.7 Å². The molecular weight excluding hydrogens is 399 g/mol. The number of nitrogens with zero attached hydrogens (tertiary/aromatic N) is 2. The van der Waals surface area contributed by atoms with Crippen LogP contribution in [0.2, 0.25) is 0 Å². The van der Waals surface area contributed by atoms with Gasteiger partial charge in [0.15, 0.2) is 23.2 Å². The second-order valence-electron chi connectivity index (χ2n) is 7.03. The van der Waals surface area contributed by atoms with Gasteiger partial charge in [0, 0.05) is 41.4 Å². The van der Waals surface area contributed by atoms with E-state index in [1.807, 2.05) is 19.1 Å². The van der Waals surface area contributed by atoms with Gasteiger partial charge in [-0.3, -0.25) is 0 Å². The summed E-state index contributed by atoms with van der Waals surface area (Å²) in [5, 5.41) is 6.55. The van der Waals surface area contributed by atoms with E-state index in [9.17, 15) is 18.0 Å². The van der Waals surface area contributed by atoms with E-state index in [0.717, 1.165) is 29.0 Å². The molecule has 2 heterocycles. The van der Waals surface area contributed by atoms with E-state index in [1.54, 1.807) is 19.2 Å². The first kappa shape index (κ1) is 19.8. The monoisotopic (exact) mass is 417 g/mol. The van der Waals surface area contributed by atoms with Crippen LogP contribution in [0.25, 0.3) is 11.3 Å². The zero-order chi connectivity index (χ0) is 21.4. The number of nitrogens with one attached hydrogen (secondary N) is 1. The molecule has 0 saturated heterocycles. The van der Waals surface area contributed by atoms with E-state index < -0.39 is 23.5 Å². The topological polar surface area (TPSA) is 67.6 Å². The number of urea groups is 1. The van der Waals surface area contributed by atoms with Crippen LogP contribution in [-0.2, 0) is 13.0 Å². The Labute approximate surface area is 170 Å². The molecular formula is C21H18F3N3O3. The van der Waals surface area contributed by atoms with Gasteiger partial charge < -0.3 is 19.5 Å². The maximum Gasteiger partial charge on any atom is 0.322 e. The van der Waals surface area contributed by atoms with Crippen LogP contribution in [0.15, 0.2) is 40.9 Å². The minimum atomic E-state index is -1.59. The number of carbonyl (C=O) groups is 1. The van der Waals surface area contributed by atoms with Crippen LogP contribution < -0.4 is 10.1 Å². The average Bonchev–Trinajstić information content (AvgIpc) is 3.14. The first-order valence-corrected chi connectivity index (χ1v) is 9.21. The number of hydrogen-bond acceptors (Lipinski definition) is 4. The highest BCUT2D eigenvalue weighted by molar-refractivity contribution is 5.90. The van der Waals surface area contributed by atoms with Gasteiger partial charge >= 0.3 is 6.03 Å². The molecule has 0 fully saturated rings. The van der Waals surface area contributed by atoms with Crippen molar-refractivity contribution in [1.82, 2.24) is 10.1 Å². The van der Waals surface area contributed by atoms with Crippen LogP contribution >= 0.6 is 0 Å². The second kappa shape index (κ2) is 7.74. The summed E-state index contributed by atoms with van der Waals surface area (Å²) in [4.78, 5) is 14.3. The van der Waals surface area contributed by atoms with Gasteiger partial charge in [0.1, 0.15) is 5.75 Å². The molecule has 1 unspecified atom stereocenters. The van der Waals surface area contributed by atoms with E-state index >= 15 is 0 Å². The van der Waals surface area contributed by atoms with E-state index in [2.05, 4.69) is 10.5 Å². The summed E-state index contributed by atoms with van der Waals surface area (Å²) in [7, 11) is 1.57. The number of hydrogen-bond donors (Lipinski definition) is 1. The summed E-state index contributed by atoms with van der Waals surface area (Å²) >= 11 is 0. The number of carbonyl (C=O) groups excluding carboxylic acids is 1. The molecule has 1 aliphatic rings. The molecule has 1 atom stereocenters. The van der Waals surface area contributed by atoms with Crippen molar-refractivity contribution in [3.05, 3.63) is 65.1 Å². The van der Waals surface area contributed by atoms with Gasteiger partial charge in [0.2, 0.25) is 0 Å². The summed E-state index contributed by atoms with van der Waals surface area (Å²) in [5.74, 6) is -3.10. The van der Waals surface area contributed by atoms with Crippen molar-refractivity contribution in [2.45, 2.75) is 25.9 Å². The number of halogens is 3. The Morgan fingerprint density at radius 1 is 1.20 bits per heavy atom. The predicted molar refractivity (Wildman–Crippen MR) is 103 cm³/mol. The third kappa shape index (κ3) is 3.58. The maximum absolute atomic E-state index is 13.5. The van der Waals surface area contributed by atoms with Crippen molar-refractivity contribution in [2.24, 2.45) is 0 Å². The van der Waals surface area contributed by atoms with Gasteiger partial charge in [-0.25, -0.2) is 18.0 Å². The summed E-state index contributed by atoms with van der Waals surface area (Å²) < 4.78 is 50.7. The van der Waals surface area contributed by atoms with Gasteiger partial charge in [-0.05, 0) is 31.2 Å². The molecule has 0 saturated carbocycles. The average molecular weight is 417 g/mol. The Morgan fingerprint density at radius 2 is 1.87 bits per heavy atom. The molecule has 1 aromatic heterocycles. The molecule has 4 rings (SSSR count). The van der Waals surface area contributed by atoms with E-state index in [-0.39, 0.29) is 18.3 Å². The molecule has 2 aromatic carbocycles. The van der Waals surface area contributed by atoms with Crippen molar-refractivity contribution < 1.29 is 27.2 Å². The van der Waals surface area contributed by atoms with Crippen LogP contribution in [0.5, 0.6) is 5.75 Å². The highest BCUT2D eigenvalue weighted by atomic mass is 19.2. The standard InChI is InChI=1S/C21H18F3N3O3/c1-11-7-18-15(20(30-26-18)12-3-5-14(29-2)6-4-12)10-27(11)21(28)25-13-8-16(22)19(24)17(23)9-13/h3-6,8-9,11H,7,10H2,1-2H3,(H,25,28). The predicted octanol–water partition coefficient (Wildman–Crippen LogP) is 4.75. The highest BCUT2D eigenvalue weighted by Crippen LogP contribution is 2.33. The third-order valence-corrected chi connectivity index (χ3v) is 5.07. The summed E-state index contributed by atoms with van der Waals surface area (Å²) in [6.45, 7) is 2.02. The molecule has 156 valence electrons. The van der Waals surface area contributed by atoms with Crippen molar-refractivity contribution in [1.29, 1.82) is 0 Å². The summed E-state index contributed by atoms with van der Waals surface area (Å²) in [6, 6.07) is 7.90. The molecule has 0 aliphatic carbocycles. The number of benzene rings is 2. The lowest BCUT2D eigenvalue weighted by molar-refractivity contribution is 0.182. The van der Waals surface area contributed by atoms with Gasteiger partial charge in [-0.1, -0.05) is 5.16 Å². The molecule has 30 heavy (non-hydrogen) atoms. The molecule has 0 spiro atoms. The van der Waals surface area contributed by atoms with Crippen molar-refractivity contribution in [3.63, 3.8) is 0 Å². The number of fused-ring (bicyclic) bond motifs is 1. The molecule has 9 heteroatoms. The minimum absolute atomic E-state index is 0.171. The van der Waals surface area contributed by atoms with Crippen molar-refractivity contribution in [3.8, 4) is 17.1 Å². The highest BCUT2D eigenvalue weighted by Gasteiger charge is 2.32. The molecule has 3 aromatic rings. The second-order valence-corrected chi connectivity index (χ2v) is 7.03.